The van der Waals surface area contributed by atoms with Gasteiger partial charge in [0.25, 0.3) is 0 Å². The third kappa shape index (κ3) is 9.03. The van der Waals surface area contributed by atoms with Crippen LogP contribution in [0.2, 0.25) is 0 Å². The van der Waals surface area contributed by atoms with Gasteiger partial charge in [-0.25, -0.2) is 0 Å². The standard InChI is InChI=1S/C38H50N8O2S2.ClH/c1-3-5-17-33-35-23-31(27-13-9-7-10-14-27)41-45(35)21-19-43(33)37(47)29(39)25-49-50-26-30(40)38(48)44-20-22-46-36(34(44)18-6-4-2)24-32(42-46)28-15-11-8-12-16-28;/h7-16,23-24,29-30,33-34H,3-6,17-22,25-26,39-40H2,1-2H3;1H/t29-,30-,33?,34?;/m0./s1. The van der Waals surface area contributed by atoms with Crippen molar-refractivity contribution in [2.24, 2.45) is 11.5 Å². The number of nitrogens with two attached hydrogens (primary N) is 2. The second-order valence-corrected chi connectivity index (χ2v) is 15.8. The van der Waals surface area contributed by atoms with Crippen molar-refractivity contribution in [3.63, 3.8) is 0 Å². The molecule has 4 aromatic rings. The SMILES string of the molecule is CCCCC1c2cc(-c3ccccc3)nn2CCN1C(=O)[C@@H](N)CSSC[C@H](N)C(=O)N1CCn2nc(-c3ccccc3)cc2C1CCCC.Cl. The quantitative estimate of drug-likeness (QED) is 0.101. The van der Waals surface area contributed by atoms with Gasteiger partial charge in [0, 0.05) is 35.7 Å². The van der Waals surface area contributed by atoms with E-state index in [1.807, 2.05) is 46.2 Å². The number of benzene rings is 2. The smallest absolute Gasteiger partial charge is 0.241 e. The van der Waals surface area contributed by atoms with E-state index < -0.39 is 12.1 Å². The number of rotatable bonds is 15. The van der Waals surface area contributed by atoms with Crippen LogP contribution >= 0.6 is 34.0 Å². The van der Waals surface area contributed by atoms with Gasteiger partial charge in [-0.3, -0.25) is 19.0 Å². The van der Waals surface area contributed by atoms with E-state index in [0.29, 0.717) is 37.7 Å². The topological polar surface area (TPSA) is 128 Å². The fourth-order valence-electron chi connectivity index (χ4n) is 7.03. The number of hydrogen-bond acceptors (Lipinski definition) is 8. The highest BCUT2D eigenvalue weighted by Gasteiger charge is 2.36. The third-order valence-electron chi connectivity index (χ3n) is 9.74. The molecule has 0 fully saturated rings. The molecule has 2 aromatic carbocycles. The Kier molecular flexibility index (Phi) is 14.1. The Morgan fingerprint density at radius 2 is 1.08 bits per heavy atom. The molecule has 4 N–H and O–H groups in total. The highest BCUT2D eigenvalue weighted by Crippen LogP contribution is 2.36. The van der Waals surface area contributed by atoms with E-state index in [0.717, 1.165) is 72.4 Å². The lowest BCUT2D eigenvalue weighted by molar-refractivity contribution is -0.136. The molecule has 2 aromatic heterocycles. The summed E-state index contributed by atoms with van der Waals surface area (Å²) in [5.41, 5.74) is 19.2. The van der Waals surface area contributed by atoms with E-state index >= 15 is 0 Å². The zero-order chi connectivity index (χ0) is 35.0. The molecule has 4 atom stereocenters. The second kappa shape index (κ2) is 18.5. The first-order chi connectivity index (χ1) is 24.4. The molecule has 2 amide bonds. The number of nitrogens with zero attached hydrogens (tertiary/aromatic N) is 6. The van der Waals surface area contributed by atoms with Crippen molar-refractivity contribution in [3.8, 4) is 22.5 Å². The minimum atomic E-state index is -0.647. The molecule has 2 aliphatic rings. The van der Waals surface area contributed by atoms with E-state index in [1.54, 1.807) is 0 Å². The average Bonchev–Trinajstić information content (AvgIpc) is 3.80. The molecule has 0 saturated carbocycles. The van der Waals surface area contributed by atoms with Crippen molar-refractivity contribution < 1.29 is 9.59 Å². The maximum absolute atomic E-state index is 13.8. The molecule has 2 unspecified atom stereocenters. The van der Waals surface area contributed by atoms with E-state index in [2.05, 4.69) is 59.6 Å². The Morgan fingerprint density at radius 1 is 0.686 bits per heavy atom. The van der Waals surface area contributed by atoms with Crippen molar-refractivity contribution in [1.29, 1.82) is 0 Å². The summed E-state index contributed by atoms with van der Waals surface area (Å²) in [5.74, 6) is 0.819. The van der Waals surface area contributed by atoms with Crippen LogP contribution in [0.3, 0.4) is 0 Å². The highest BCUT2D eigenvalue weighted by molar-refractivity contribution is 8.76. The normalized spacial score (nSPS) is 18.0. The molecule has 0 saturated heterocycles. The van der Waals surface area contributed by atoms with Crippen molar-refractivity contribution in [2.75, 3.05) is 24.6 Å². The number of aromatic nitrogens is 4. The highest BCUT2D eigenvalue weighted by atomic mass is 35.5. The first-order valence-corrected chi connectivity index (χ1v) is 20.5. The Morgan fingerprint density at radius 3 is 1.45 bits per heavy atom. The molecule has 51 heavy (non-hydrogen) atoms. The zero-order valence-electron chi connectivity index (χ0n) is 29.6. The van der Waals surface area contributed by atoms with Gasteiger partial charge in [-0.05, 0) is 25.0 Å². The van der Waals surface area contributed by atoms with Crippen LogP contribution in [0.25, 0.3) is 22.5 Å². The van der Waals surface area contributed by atoms with Gasteiger partial charge in [0.15, 0.2) is 0 Å². The van der Waals surface area contributed by atoms with E-state index in [9.17, 15) is 9.59 Å². The molecule has 0 spiro atoms. The lowest BCUT2D eigenvalue weighted by atomic mass is 10.0. The molecule has 4 heterocycles. The van der Waals surface area contributed by atoms with Crippen LogP contribution < -0.4 is 11.5 Å². The predicted molar refractivity (Wildman–Crippen MR) is 211 cm³/mol. The van der Waals surface area contributed by atoms with Gasteiger partial charge in [-0.2, -0.15) is 10.2 Å². The van der Waals surface area contributed by atoms with Crippen molar-refractivity contribution >= 4 is 45.8 Å². The summed E-state index contributed by atoms with van der Waals surface area (Å²) >= 11 is 0. The summed E-state index contributed by atoms with van der Waals surface area (Å²) in [6.45, 7) is 6.80. The van der Waals surface area contributed by atoms with E-state index in [4.69, 9.17) is 21.7 Å². The minimum absolute atomic E-state index is 0. The zero-order valence-corrected chi connectivity index (χ0v) is 32.1. The first kappa shape index (κ1) is 38.9. The molecular weight excluding hydrogens is 700 g/mol. The Bertz CT molecular complexity index is 1590. The molecule has 13 heteroatoms. The van der Waals surface area contributed by atoms with Gasteiger partial charge in [0.05, 0.1) is 60.0 Å². The fraction of sp³-hybridized carbons (Fsp3) is 0.474. The lowest BCUT2D eigenvalue weighted by Crippen LogP contribution is -2.50. The number of unbranched alkanes of at least 4 members (excludes halogenated alkanes) is 2. The van der Waals surface area contributed by atoms with Gasteiger partial charge < -0.3 is 21.3 Å². The number of halogens is 1. The largest absolute Gasteiger partial charge is 0.331 e. The van der Waals surface area contributed by atoms with Gasteiger partial charge >= 0.3 is 0 Å². The van der Waals surface area contributed by atoms with Crippen LogP contribution in [0.15, 0.2) is 72.8 Å². The molecule has 0 radical (unpaired) electrons. The monoisotopic (exact) mass is 750 g/mol. The predicted octanol–water partition coefficient (Wildman–Crippen LogP) is 6.72. The summed E-state index contributed by atoms with van der Waals surface area (Å²) in [4.78, 5) is 31.5. The van der Waals surface area contributed by atoms with Gasteiger partial charge in [0.2, 0.25) is 11.8 Å². The average molecular weight is 751 g/mol. The number of hydrogen-bond donors (Lipinski definition) is 2. The molecule has 10 nitrogen and oxygen atoms in total. The summed E-state index contributed by atoms with van der Waals surface area (Å²) in [6, 6.07) is 23.2. The van der Waals surface area contributed by atoms with Crippen molar-refractivity contribution in [3.05, 3.63) is 84.2 Å². The molecule has 0 bridgehead atoms. The lowest BCUT2D eigenvalue weighted by Gasteiger charge is -2.38. The van der Waals surface area contributed by atoms with E-state index in [1.165, 1.54) is 21.6 Å². The molecule has 2 aliphatic heterocycles. The number of amides is 2. The third-order valence-corrected chi connectivity index (χ3v) is 12.2. The first-order valence-electron chi connectivity index (χ1n) is 18.0. The number of carbonyl (C=O) groups is 2. The Labute approximate surface area is 315 Å². The Hall–Kier alpha value is -3.29. The van der Waals surface area contributed by atoms with Crippen molar-refractivity contribution in [2.45, 2.75) is 89.6 Å². The maximum Gasteiger partial charge on any atom is 0.241 e. The van der Waals surface area contributed by atoms with Crippen LogP contribution in [0.1, 0.15) is 75.8 Å². The minimum Gasteiger partial charge on any atom is -0.331 e. The van der Waals surface area contributed by atoms with Crippen LogP contribution in [0.5, 0.6) is 0 Å². The summed E-state index contributed by atoms with van der Waals surface area (Å²) < 4.78 is 4.12. The molecule has 6 rings (SSSR count). The summed E-state index contributed by atoms with van der Waals surface area (Å²) in [6.07, 6.45) is 5.86. The second-order valence-electron chi connectivity index (χ2n) is 13.2. The van der Waals surface area contributed by atoms with Crippen molar-refractivity contribution in [1.82, 2.24) is 29.4 Å². The Balaban J connectivity index is 0.00000504. The van der Waals surface area contributed by atoms with Gasteiger partial charge in [0.1, 0.15) is 0 Å². The maximum atomic E-state index is 13.8. The molecular formula is C38H51ClN8O2S2. The summed E-state index contributed by atoms with van der Waals surface area (Å²) in [5, 5.41) is 9.76. The van der Waals surface area contributed by atoms with Crippen LogP contribution in [-0.4, -0.2) is 77.9 Å². The number of carbonyl (C=O) groups excluding carboxylic acids is 2. The van der Waals surface area contributed by atoms with Crippen LogP contribution in [-0.2, 0) is 22.7 Å². The van der Waals surface area contributed by atoms with Crippen LogP contribution in [0.4, 0.5) is 0 Å². The fourth-order valence-corrected chi connectivity index (χ4v) is 9.26. The van der Waals surface area contributed by atoms with Gasteiger partial charge in [-0.15, -0.1) is 12.4 Å². The summed E-state index contributed by atoms with van der Waals surface area (Å²) in [7, 11) is 3.04. The number of fused-ring (bicyclic) bond motifs is 2. The molecule has 0 aliphatic carbocycles. The van der Waals surface area contributed by atoms with Gasteiger partial charge in [-0.1, -0.05) is 122 Å². The molecule has 274 valence electrons. The van der Waals surface area contributed by atoms with Crippen LogP contribution in [0, 0.1) is 0 Å². The van der Waals surface area contributed by atoms with E-state index in [-0.39, 0.29) is 36.3 Å².